The average molecular weight is 217 g/mol. The van der Waals surface area contributed by atoms with E-state index in [1.165, 1.54) is 19.3 Å². The Morgan fingerprint density at radius 3 is 1.87 bits per heavy atom. The predicted octanol–water partition coefficient (Wildman–Crippen LogP) is 2.14. The van der Waals surface area contributed by atoms with Gasteiger partial charge in [0.05, 0.1) is 0 Å². The molecule has 90 valence electrons. The smallest absolute Gasteiger partial charge is 0.290 e. The van der Waals surface area contributed by atoms with Gasteiger partial charge < -0.3 is 10.0 Å². The van der Waals surface area contributed by atoms with Crippen LogP contribution in [0.25, 0.3) is 0 Å². The first kappa shape index (κ1) is 16.4. The van der Waals surface area contributed by atoms with Gasteiger partial charge in [-0.15, -0.1) is 0 Å². The highest BCUT2D eigenvalue weighted by molar-refractivity contribution is 5.75. The van der Waals surface area contributed by atoms with Crippen molar-refractivity contribution in [1.82, 2.24) is 4.90 Å². The van der Waals surface area contributed by atoms with E-state index in [2.05, 4.69) is 13.8 Å². The molecule has 0 bridgehead atoms. The minimum absolute atomic E-state index is 0.250. The molecule has 1 rings (SSSR count). The highest BCUT2D eigenvalue weighted by atomic mass is 16.3. The van der Waals surface area contributed by atoms with Gasteiger partial charge in [0.15, 0.2) is 0 Å². The first-order valence-corrected chi connectivity index (χ1v) is 5.53. The molecular formula is C11H23NO3. The van der Waals surface area contributed by atoms with Gasteiger partial charge in [0.2, 0.25) is 5.91 Å². The zero-order valence-corrected chi connectivity index (χ0v) is 10.0. The molecule has 0 aromatic carbocycles. The Balaban J connectivity index is 0. The summed E-state index contributed by atoms with van der Waals surface area (Å²) in [5.74, 6) is 0.313. The van der Waals surface area contributed by atoms with Crippen LogP contribution in [-0.4, -0.2) is 35.5 Å². The predicted molar refractivity (Wildman–Crippen MR) is 60.8 cm³/mol. The number of hydrogen-bond acceptors (Lipinski definition) is 2. The molecule has 0 radical (unpaired) electrons. The van der Waals surface area contributed by atoms with Crippen molar-refractivity contribution in [2.45, 2.75) is 46.5 Å². The molecule has 0 aromatic heterocycles. The minimum Gasteiger partial charge on any atom is -0.483 e. The molecule has 1 aliphatic heterocycles. The quantitative estimate of drug-likeness (QED) is 0.684. The number of carbonyl (C=O) groups excluding carboxylic acids is 1. The van der Waals surface area contributed by atoms with Gasteiger partial charge in [-0.05, 0) is 12.8 Å². The van der Waals surface area contributed by atoms with E-state index in [-0.39, 0.29) is 6.47 Å². The second kappa shape index (κ2) is 12.9. The lowest BCUT2D eigenvalue weighted by molar-refractivity contribution is -0.129. The van der Waals surface area contributed by atoms with Crippen LogP contribution in [0.5, 0.6) is 0 Å². The lowest BCUT2D eigenvalue weighted by Crippen LogP contribution is -2.26. The molecule has 0 atom stereocenters. The molecule has 0 aromatic rings. The molecule has 0 unspecified atom stereocenters. The number of likely N-dealkylation sites (tertiary alicyclic amines) is 1. The Labute approximate surface area is 92.3 Å². The summed E-state index contributed by atoms with van der Waals surface area (Å²) in [6.07, 6.45) is 4.32. The third kappa shape index (κ3) is 10.9. The summed E-state index contributed by atoms with van der Waals surface area (Å²) in [5, 5.41) is 6.89. The summed E-state index contributed by atoms with van der Waals surface area (Å²) in [6.45, 7) is 7.90. The van der Waals surface area contributed by atoms with E-state index >= 15 is 0 Å². The Bertz CT molecular complexity index is 154. The van der Waals surface area contributed by atoms with Crippen LogP contribution in [0.3, 0.4) is 0 Å². The van der Waals surface area contributed by atoms with Crippen molar-refractivity contribution in [1.29, 1.82) is 0 Å². The van der Waals surface area contributed by atoms with Crippen molar-refractivity contribution in [2.24, 2.45) is 0 Å². The zero-order chi connectivity index (χ0) is 12.1. The van der Waals surface area contributed by atoms with Gasteiger partial charge in [0, 0.05) is 19.5 Å². The molecule has 4 nitrogen and oxygen atoms in total. The second-order valence-corrected chi connectivity index (χ2v) is 3.25. The maximum Gasteiger partial charge on any atom is 0.290 e. The van der Waals surface area contributed by atoms with E-state index in [9.17, 15) is 4.79 Å². The molecule has 1 amide bonds. The number of rotatable bonds is 1. The molecule has 1 N–H and O–H groups in total. The molecule has 1 heterocycles. The Kier molecular flexibility index (Phi) is 14.1. The van der Waals surface area contributed by atoms with Crippen LogP contribution >= 0.6 is 0 Å². The van der Waals surface area contributed by atoms with Gasteiger partial charge in [-0.1, -0.05) is 27.2 Å². The molecule has 1 fully saturated rings. The highest BCUT2D eigenvalue weighted by Gasteiger charge is 2.14. The first-order chi connectivity index (χ1) is 7.17. The molecule has 15 heavy (non-hydrogen) atoms. The van der Waals surface area contributed by atoms with Gasteiger partial charge in [-0.2, -0.15) is 0 Å². The van der Waals surface area contributed by atoms with E-state index in [0.717, 1.165) is 13.1 Å². The van der Waals surface area contributed by atoms with E-state index in [0.29, 0.717) is 12.3 Å². The summed E-state index contributed by atoms with van der Waals surface area (Å²) >= 11 is 0. The van der Waals surface area contributed by atoms with Gasteiger partial charge in [0.1, 0.15) is 0 Å². The van der Waals surface area contributed by atoms with Crippen molar-refractivity contribution in [2.75, 3.05) is 13.1 Å². The van der Waals surface area contributed by atoms with Gasteiger partial charge in [-0.25, -0.2) is 0 Å². The topological polar surface area (TPSA) is 57.6 Å². The fourth-order valence-corrected chi connectivity index (χ4v) is 1.19. The van der Waals surface area contributed by atoms with Crippen molar-refractivity contribution in [3.63, 3.8) is 0 Å². The summed E-state index contributed by atoms with van der Waals surface area (Å²) in [7, 11) is 0. The van der Waals surface area contributed by atoms with Crippen molar-refractivity contribution < 1.29 is 14.7 Å². The summed E-state index contributed by atoms with van der Waals surface area (Å²) in [4.78, 5) is 21.2. The van der Waals surface area contributed by atoms with Gasteiger partial charge >= 0.3 is 0 Å². The number of hydrogen-bond donors (Lipinski definition) is 1. The monoisotopic (exact) mass is 217 g/mol. The average Bonchev–Trinajstić information content (AvgIpc) is 2.72. The van der Waals surface area contributed by atoms with Gasteiger partial charge in [0.25, 0.3) is 6.47 Å². The molecule has 4 heteroatoms. The Morgan fingerprint density at radius 2 is 1.60 bits per heavy atom. The van der Waals surface area contributed by atoms with Crippen molar-refractivity contribution in [3.8, 4) is 0 Å². The summed E-state index contributed by atoms with van der Waals surface area (Å²) in [5.41, 5.74) is 0. The van der Waals surface area contributed by atoms with Gasteiger partial charge in [-0.3, -0.25) is 9.59 Å². The normalized spacial score (nSPS) is 13.1. The molecule has 1 saturated heterocycles. The lowest BCUT2D eigenvalue weighted by Gasteiger charge is -2.12. The maximum atomic E-state index is 10.9. The van der Waals surface area contributed by atoms with E-state index in [4.69, 9.17) is 9.90 Å². The SMILES string of the molecule is CCC.CCC(=O)N1CCCC1.O=CO. The molecule has 0 spiro atoms. The fourth-order valence-electron chi connectivity index (χ4n) is 1.19. The third-order valence-corrected chi connectivity index (χ3v) is 1.76. The maximum absolute atomic E-state index is 10.9. The number of nitrogens with zero attached hydrogens (tertiary/aromatic N) is 1. The van der Waals surface area contributed by atoms with E-state index < -0.39 is 0 Å². The standard InChI is InChI=1S/C7H13NO.C3H8.CH2O2/c1-2-7(9)8-5-3-4-6-8;1-3-2;2-1-3/h2-6H2,1H3;3H2,1-2H3;1H,(H,2,3). The number of amides is 1. The van der Waals surface area contributed by atoms with Crippen LogP contribution in [0.2, 0.25) is 0 Å². The Hall–Kier alpha value is -1.06. The summed E-state index contributed by atoms with van der Waals surface area (Å²) < 4.78 is 0. The van der Waals surface area contributed by atoms with Crippen LogP contribution in [0.4, 0.5) is 0 Å². The Morgan fingerprint density at radius 1 is 1.27 bits per heavy atom. The first-order valence-electron chi connectivity index (χ1n) is 5.53. The van der Waals surface area contributed by atoms with Crippen molar-refractivity contribution >= 4 is 12.4 Å². The van der Waals surface area contributed by atoms with Crippen molar-refractivity contribution in [3.05, 3.63) is 0 Å². The number of carbonyl (C=O) groups is 2. The third-order valence-electron chi connectivity index (χ3n) is 1.76. The number of carboxylic acid groups (broad SMARTS) is 1. The highest BCUT2D eigenvalue weighted by Crippen LogP contribution is 2.07. The van der Waals surface area contributed by atoms with Crippen LogP contribution in [-0.2, 0) is 9.59 Å². The van der Waals surface area contributed by atoms with Crippen LogP contribution in [0, 0.1) is 0 Å². The van der Waals surface area contributed by atoms with E-state index in [1.54, 1.807) is 0 Å². The zero-order valence-electron chi connectivity index (χ0n) is 10.0. The summed E-state index contributed by atoms with van der Waals surface area (Å²) in [6, 6.07) is 0. The second-order valence-electron chi connectivity index (χ2n) is 3.25. The minimum atomic E-state index is -0.250. The molecule has 1 aliphatic rings. The van der Waals surface area contributed by atoms with E-state index in [1.807, 2.05) is 11.8 Å². The molecule has 0 saturated carbocycles. The molecule has 0 aliphatic carbocycles. The van der Waals surface area contributed by atoms with Crippen LogP contribution in [0.1, 0.15) is 46.5 Å². The largest absolute Gasteiger partial charge is 0.483 e. The lowest BCUT2D eigenvalue weighted by atomic mass is 10.4. The molecular weight excluding hydrogens is 194 g/mol. The van der Waals surface area contributed by atoms with Crippen LogP contribution in [0.15, 0.2) is 0 Å². The fraction of sp³-hybridized carbons (Fsp3) is 0.818. The van der Waals surface area contributed by atoms with Crippen LogP contribution < -0.4 is 0 Å².